The molecular weight excluding hydrogens is 223 g/mol. The molecule has 1 heterocycles. The molecule has 1 aliphatic heterocycles. The Morgan fingerprint density at radius 2 is 2.29 bits per heavy atom. The number of β-amino-alcohol motifs (C(OH)–C–C–N with tert-alkyl or cyclic N) is 1. The zero-order valence-corrected chi connectivity index (χ0v) is 9.61. The largest absolute Gasteiger partial charge is 0.386 e. The number of hydrogen-bond donors (Lipinski definition) is 2. The van der Waals surface area contributed by atoms with E-state index in [-0.39, 0.29) is 6.03 Å². The van der Waals surface area contributed by atoms with E-state index in [4.69, 9.17) is 0 Å². The highest BCUT2D eigenvalue weighted by molar-refractivity contribution is 5.90. The molecule has 0 unspecified atom stereocenters. The van der Waals surface area contributed by atoms with Gasteiger partial charge in [-0.1, -0.05) is 13.0 Å². The van der Waals surface area contributed by atoms with Gasteiger partial charge < -0.3 is 15.3 Å². The SMILES string of the molecule is CCC1(O)CN(C(=O)Nc2cccc(F)c2)C1. The summed E-state index contributed by atoms with van der Waals surface area (Å²) >= 11 is 0. The van der Waals surface area contributed by atoms with Gasteiger partial charge in [0, 0.05) is 5.69 Å². The fourth-order valence-electron chi connectivity index (χ4n) is 1.80. The summed E-state index contributed by atoms with van der Waals surface area (Å²) in [4.78, 5) is 13.2. The number of urea groups is 1. The van der Waals surface area contributed by atoms with Gasteiger partial charge in [0.15, 0.2) is 0 Å². The number of carbonyl (C=O) groups is 1. The second-order valence-electron chi connectivity index (χ2n) is 4.37. The molecule has 0 saturated carbocycles. The number of rotatable bonds is 2. The summed E-state index contributed by atoms with van der Waals surface area (Å²) in [5, 5.41) is 12.3. The number of amides is 2. The number of nitrogens with one attached hydrogen (secondary N) is 1. The van der Waals surface area contributed by atoms with Crippen LogP contribution in [-0.4, -0.2) is 34.7 Å². The number of nitrogens with zero attached hydrogens (tertiary/aromatic N) is 1. The minimum Gasteiger partial charge on any atom is -0.386 e. The smallest absolute Gasteiger partial charge is 0.322 e. The molecule has 0 radical (unpaired) electrons. The highest BCUT2D eigenvalue weighted by Crippen LogP contribution is 2.24. The van der Waals surface area contributed by atoms with Gasteiger partial charge in [-0.15, -0.1) is 0 Å². The average molecular weight is 238 g/mol. The molecule has 17 heavy (non-hydrogen) atoms. The molecule has 0 atom stereocenters. The van der Waals surface area contributed by atoms with Crippen molar-refractivity contribution in [2.45, 2.75) is 18.9 Å². The zero-order valence-electron chi connectivity index (χ0n) is 9.61. The van der Waals surface area contributed by atoms with Crippen LogP contribution in [0.4, 0.5) is 14.9 Å². The lowest BCUT2D eigenvalue weighted by Crippen LogP contribution is -2.63. The third kappa shape index (κ3) is 2.55. The van der Waals surface area contributed by atoms with Crippen LogP contribution in [0.15, 0.2) is 24.3 Å². The summed E-state index contributed by atoms with van der Waals surface area (Å²) in [7, 11) is 0. The third-order valence-electron chi connectivity index (χ3n) is 2.99. The number of halogens is 1. The maximum absolute atomic E-state index is 12.9. The van der Waals surface area contributed by atoms with Crippen molar-refractivity contribution in [2.24, 2.45) is 0 Å². The molecule has 1 aromatic rings. The van der Waals surface area contributed by atoms with E-state index in [1.807, 2.05) is 6.92 Å². The fraction of sp³-hybridized carbons (Fsp3) is 0.417. The highest BCUT2D eigenvalue weighted by atomic mass is 19.1. The van der Waals surface area contributed by atoms with Crippen molar-refractivity contribution in [3.05, 3.63) is 30.1 Å². The Hall–Kier alpha value is -1.62. The van der Waals surface area contributed by atoms with Gasteiger partial charge in [-0.3, -0.25) is 0 Å². The minimum absolute atomic E-state index is 0.311. The van der Waals surface area contributed by atoms with Crippen LogP contribution >= 0.6 is 0 Å². The maximum Gasteiger partial charge on any atom is 0.322 e. The molecule has 1 saturated heterocycles. The van der Waals surface area contributed by atoms with E-state index in [0.29, 0.717) is 25.2 Å². The molecule has 92 valence electrons. The van der Waals surface area contributed by atoms with Crippen LogP contribution in [0.1, 0.15) is 13.3 Å². The van der Waals surface area contributed by atoms with Crippen LogP contribution in [0, 0.1) is 5.82 Å². The number of hydrogen-bond acceptors (Lipinski definition) is 2. The minimum atomic E-state index is -0.751. The van der Waals surface area contributed by atoms with Crippen LogP contribution < -0.4 is 5.32 Å². The number of aliphatic hydroxyl groups is 1. The number of benzene rings is 1. The van der Waals surface area contributed by atoms with Gasteiger partial charge in [-0.2, -0.15) is 0 Å². The fourth-order valence-corrected chi connectivity index (χ4v) is 1.80. The molecule has 1 aliphatic rings. The van der Waals surface area contributed by atoms with E-state index in [9.17, 15) is 14.3 Å². The van der Waals surface area contributed by atoms with E-state index < -0.39 is 11.4 Å². The van der Waals surface area contributed by atoms with Crippen LogP contribution in [0.2, 0.25) is 0 Å². The molecule has 5 heteroatoms. The lowest BCUT2D eigenvalue weighted by atomic mass is 9.92. The Kier molecular flexibility index (Phi) is 3.02. The van der Waals surface area contributed by atoms with Crippen molar-refractivity contribution in [3.8, 4) is 0 Å². The second kappa shape index (κ2) is 4.33. The molecule has 2 N–H and O–H groups in total. The summed E-state index contributed by atoms with van der Waals surface area (Å²) < 4.78 is 12.9. The Morgan fingerprint density at radius 3 is 2.88 bits per heavy atom. The van der Waals surface area contributed by atoms with Crippen LogP contribution in [0.5, 0.6) is 0 Å². The predicted molar refractivity (Wildman–Crippen MR) is 62.2 cm³/mol. The first-order valence-corrected chi connectivity index (χ1v) is 5.56. The van der Waals surface area contributed by atoms with Gasteiger partial charge in [-0.25, -0.2) is 9.18 Å². The van der Waals surface area contributed by atoms with Crippen molar-refractivity contribution in [1.82, 2.24) is 4.90 Å². The Bertz CT molecular complexity index is 430. The first-order valence-electron chi connectivity index (χ1n) is 5.56. The molecule has 2 amide bonds. The van der Waals surface area contributed by atoms with Crippen molar-refractivity contribution >= 4 is 11.7 Å². The molecule has 1 fully saturated rings. The highest BCUT2D eigenvalue weighted by Gasteiger charge is 2.41. The van der Waals surface area contributed by atoms with Gasteiger partial charge >= 0.3 is 6.03 Å². The molecule has 0 spiro atoms. The van der Waals surface area contributed by atoms with Gasteiger partial charge in [0.1, 0.15) is 5.82 Å². The average Bonchev–Trinajstić information content (AvgIpc) is 2.24. The quantitative estimate of drug-likeness (QED) is 0.825. The van der Waals surface area contributed by atoms with E-state index in [1.165, 1.54) is 23.1 Å². The molecule has 2 rings (SSSR count). The lowest BCUT2D eigenvalue weighted by molar-refractivity contribution is -0.0755. The predicted octanol–water partition coefficient (Wildman–Crippen LogP) is 1.81. The second-order valence-corrected chi connectivity index (χ2v) is 4.37. The van der Waals surface area contributed by atoms with Gasteiger partial charge in [-0.05, 0) is 24.6 Å². The van der Waals surface area contributed by atoms with E-state index >= 15 is 0 Å². The molecule has 0 aromatic heterocycles. The molecule has 0 bridgehead atoms. The zero-order chi connectivity index (χ0) is 12.5. The van der Waals surface area contributed by atoms with E-state index in [2.05, 4.69) is 5.32 Å². The standard InChI is InChI=1S/C12H15FN2O2/c1-2-12(17)7-15(8-12)11(16)14-10-5-3-4-9(13)6-10/h3-6,17H,2,7-8H2,1H3,(H,14,16). The Balaban J connectivity index is 1.91. The summed E-state index contributed by atoms with van der Waals surface area (Å²) in [5.41, 5.74) is -0.332. The van der Waals surface area contributed by atoms with Gasteiger partial charge in [0.2, 0.25) is 0 Å². The number of carbonyl (C=O) groups excluding carboxylic acids is 1. The van der Waals surface area contributed by atoms with Gasteiger partial charge in [0.05, 0.1) is 18.7 Å². The number of likely N-dealkylation sites (tertiary alicyclic amines) is 1. The van der Waals surface area contributed by atoms with E-state index in [1.54, 1.807) is 6.07 Å². The third-order valence-corrected chi connectivity index (χ3v) is 2.99. The molecule has 4 nitrogen and oxygen atoms in total. The summed E-state index contributed by atoms with van der Waals surface area (Å²) in [5.74, 6) is -0.392. The molecule has 0 aliphatic carbocycles. The Labute approximate surface area is 99.0 Å². The van der Waals surface area contributed by atoms with E-state index in [0.717, 1.165) is 0 Å². The summed E-state index contributed by atoms with van der Waals surface area (Å²) in [6.07, 6.45) is 0.622. The number of anilines is 1. The topological polar surface area (TPSA) is 52.6 Å². The van der Waals surface area contributed by atoms with Crippen molar-refractivity contribution in [2.75, 3.05) is 18.4 Å². The van der Waals surface area contributed by atoms with Crippen LogP contribution in [0.3, 0.4) is 0 Å². The van der Waals surface area contributed by atoms with Crippen molar-refractivity contribution in [1.29, 1.82) is 0 Å². The van der Waals surface area contributed by atoms with Crippen molar-refractivity contribution in [3.63, 3.8) is 0 Å². The summed E-state index contributed by atoms with van der Waals surface area (Å²) in [6, 6.07) is 5.41. The molecular formula is C12H15FN2O2. The molecule has 1 aromatic carbocycles. The van der Waals surface area contributed by atoms with Gasteiger partial charge in [0.25, 0.3) is 0 Å². The Morgan fingerprint density at radius 1 is 1.59 bits per heavy atom. The maximum atomic E-state index is 12.9. The first kappa shape index (κ1) is 11.9. The monoisotopic (exact) mass is 238 g/mol. The van der Waals surface area contributed by atoms with Crippen LogP contribution in [0.25, 0.3) is 0 Å². The van der Waals surface area contributed by atoms with Crippen LogP contribution in [-0.2, 0) is 0 Å². The summed E-state index contributed by atoms with van der Waals surface area (Å²) in [6.45, 7) is 2.52. The first-order chi connectivity index (χ1) is 8.02. The lowest BCUT2D eigenvalue weighted by Gasteiger charge is -2.45. The van der Waals surface area contributed by atoms with Crippen molar-refractivity contribution < 1.29 is 14.3 Å². The normalized spacial score (nSPS) is 17.5.